The van der Waals surface area contributed by atoms with Gasteiger partial charge in [-0.2, -0.15) is 0 Å². The van der Waals surface area contributed by atoms with Crippen molar-refractivity contribution in [3.63, 3.8) is 0 Å². The van der Waals surface area contributed by atoms with Gasteiger partial charge < -0.3 is 16.0 Å². The van der Waals surface area contributed by atoms with Crippen LogP contribution in [0.1, 0.15) is 15.9 Å². The Labute approximate surface area is 250 Å². The predicted molar refractivity (Wildman–Crippen MR) is 164 cm³/mol. The van der Waals surface area contributed by atoms with Crippen LogP contribution in [-0.4, -0.2) is 23.5 Å². The van der Waals surface area contributed by atoms with Gasteiger partial charge in [0.1, 0.15) is 5.70 Å². The molecular weight excluding hydrogens is 589 g/mol. The van der Waals surface area contributed by atoms with Crippen LogP contribution < -0.4 is 16.0 Å². The Kier molecular flexibility index (Phi) is 10.3. The third-order valence-corrected chi connectivity index (χ3v) is 7.35. The van der Waals surface area contributed by atoms with Gasteiger partial charge in [0.15, 0.2) is 0 Å². The zero-order valence-corrected chi connectivity index (χ0v) is 23.9. The molecule has 3 amide bonds. The molecule has 0 bridgehead atoms. The zero-order valence-electron chi connectivity index (χ0n) is 20.8. The van der Waals surface area contributed by atoms with Crippen LogP contribution in [0.3, 0.4) is 0 Å². The standard InChI is InChI=1S/C30H22Cl3N3O3S/c31-20-9-11-21(12-10-20)34-28(37)18-40-23-15-13-22(14-16-23)35-30(39)27(17-24-25(32)7-4-8-26(24)33)36-29(38)19-5-2-1-3-6-19/h1-17H,18H2,(H,34,37)(H,35,39)(H,36,38)/b27-17-. The summed E-state index contributed by atoms with van der Waals surface area (Å²) >= 11 is 19.8. The Morgan fingerprint density at radius 1 is 0.700 bits per heavy atom. The molecule has 0 radical (unpaired) electrons. The Bertz CT molecular complexity index is 1520. The van der Waals surface area contributed by atoms with Gasteiger partial charge in [0.2, 0.25) is 5.91 Å². The van der Waals surface area contributed by atoms with E-state index in [1.807, 2.05) is 0 Å². The lowest BCUT2D eigenvalue weighted by Crippen LogP contribution is -2.30. The molecule has 0 aromatic heterocycles. The average Bonchev–Trinajstić information content (AvgIpc) is 2.95. The average molecular weight is 611 g/mol. The van der Waals surface area contributed by atoms with Crippen LogP contribution in [0.2, 0.25) is 15.1 Å². The summed E-state index contributed by atoms with van der Waals surface area (Å²) in [4.78, 5) is 39.2. The number of hydrogen-bond donors (Lipinski definition) is 3. The third-order valence-electron chi connectivity index (χ3n) is 5.43. The van der Waals surface area contributed by atoms with Crippen molar-refractivity contribution in [1.82, 2.24) is 5.32 Å². The molecule has 0 saturated carbocycles. The van der Waals surface area contributed by atoms with Gasteiger partial charge in [-0.25, -0.2) is 0 Å². The molecule has 0 aliphatic rings. The van der Waals surface area contributed by atoms with E-state index in [4.69, 9.17) is 34.8 Å². The maximum atomic E-state index is 13.3. The first-order valence-corrected chi connectivity index (χ1v) is 14.0. The first-order chi connectivity index (χ1) is 19.3. The molecule has 0 atom stereocenters. The van der Waals surface area contributed by atoms with Gasteiger partial charge in [-0.05, 0) is 78.9 Å². The summed E-state index contributed by atoms with van der Waals surface area (Å²) in [6.45, 7) is 0. The maximum Gasteiger partial charge on any atom is 0.272 e. The molecule has 40 heavy (non-hydrogen) atoms. The maximum absolute atomic E-state index is 13.3. The molecule has 0 saturated heterocycles. The summed E-state index contributed by atoms with van der Waals surface area (Å²) in [7, 11) is 0. The van der Waals surface area contributed by atoms with Gasteiger partial charge in [0.25, 0.3) is 11.8 Å². The highest BCUT2D eigenvalue weighted by Crippen LogP contribution is 2.27. The Balaban J connectivity index is 1.43. The van der Waals surface area contributed by atoms with E-state index in [-0.39, 0.29) is 17.4 Å². The monoisotopic (exact) mass is 609 g/mol. The van der Waals surface area contributed by atoms with Crippen LogP contribution in [0, 0.1) is 0 Å². The Morgan fingerprint density at radius 2 is 1.30 bits per heavy atom. The highest BCUT2D eigenvalue weighted by molar-refractivity contribution is 8.00. The fraction of sp³-hybridized carbons (Fsp3) is 0.0333. The van der Waals surface area contributed by atoms with Crippen LogP contribution in [0.15, 0.2) is 108 Å². The molecule has 0 unspecified atom stereocenters. The highest BCUT2D eigenvalue weighted by Gasteiger charge is 2.17. The van der Waals surface area contributed by atoms with E-state index in [0.29, 0.717) is 37.6 Å². The van der Waals surface area contributed by atoms with Gasteiger partial charge in [-0.15, -0.1) is 11.8 Å². The normalized spacial score (nSPS) is 11.0. The molecule has 4 aromatic carbocycles. The first-order valence-electron chi connectivity index (χ1n) is 11.9. The van der Waals surface area contributed by atoms with Crippen molar-refractivity contribution >= 4 is 81.7 Å². The Morgan fingerprint density at radius 3 is 1.95 bits per heavy atom. The van der Waals surface area contributed by atoms with Crippen molar-refractivity contribution < 1.29 is 14.4 Å². The van der Waals surface area contributed by atoms with Crippen molar-refractivity contribution in [1.29, 1.82) is 0 Å². The molecule has 0 aliphatic heterocycles. The van der Waals surface area contributed by atoms with Crippen molar-refractivity contribution in [2.75, 3.05) is 16.4 Å². The molecule has 0 spiro atoms. The third kappa shape index (κ3) is 8.37. The number of rotatable bonds is 9. The van der Waals surface area contributed by atoms with E-state index in [9.17, 15) is 14.4 Å². The van der Waals surface area contributed by atoms with Crippen molar-refractivity contribution in [2.45, 2.75) is 4.90 Å². The second kappa shape index (κ2) is 14.1. The number of anilines is 2. The van der Waals surface area contributed by atoms with E-state index in [0.717, 1.165) is 4.90 Å². The van der Waals surface area contributed by atoms with Crippen LogP contribution in [0.4, 0.5) is 11.4 Å². The second-order valence-electron chi connectivity index (χ2n) is 8.34. The van der Waals surface area contributed by atoms with Crippen molar-refractivity contribution in [2.24, 2.45) is 0 Å². The number of carbonyl (C=O) groups excluding carboxylic acids is 3. The molecule has 0 fully saturated rings. The zero-order chi connectivity index (χ0) is 28.5. The molecule has 3 N–H and O–H groups in total. The van der Waals surface area contributed by atoms with E-state index >= 15 is 0 Å². The lowest BCUT2D eigenvalue weighted by atomic mass is 10.1. The minimum atomic E-state index is -0.567. The molecule has 4 aromatic rings. The van der Waals surface area contributed by atoms with E-state index in [1.54, 1.807) is 97.1 Å². The van der Waals surface area contributed by atoms with Gasteiger partial charge in [-0.3, -0.25) is 14.4 Å². The fourth-order valence-electron chi connectivity index (χ4n) is 3.45. The predicted octanol–water partition coefficient (Wildman–Crippen LogP) is 7.79. The summed E-state index contributed by atoms with van der Waals surface area (Å²) in [5.41, 5.74) is 1.89. The summed E-state index contributed by atoms with van der Waals surface area (Å²) in [5, 5.41) is 9.49. The molecule has 10 heteroatoms. The largest absolute Gasteiger partial charge is 0.325 e. The van der Waals surface area contributed by atoms with Crippen molar-refractivity contribution in [3.05, 3.63) is 129 Å². The highest BCUT2D eigenvalue weighted by atomic mass is 35.5. The molecular formula is C30H22Cl3N3O3S. The minimum Gasteiger partial charge on any atom is -0.325 e. The number of benzene rings is 4. The molecule has 202 valence electrons. The lowest BCUT2D eigenvalue weighted by molar-refractivity contribution is -0.114. The molecule has 4 rings (SSSR count). The van der Waals surface area contributed by atoms with Crippen LogP contribution >= 0.6 is 46.6 Å². The van der Waals surface area contributed by atoms with E-state index < -0.39 is 11.8 Å². The summed E-state index contributed by atoms with van der Waals surface area (Å²) in [6.07, 6.45) is 1.43. The molecule has 0 heterocycles. The van der Waals surface area contributed by atoms with E-state index in [1.165, 1.54) is 17.8 Å². The number of hydrogen-bond acceptors (Lipinski definition) is 4. The fourth-order valence-corrected chi connectivity index (χ4v) is 4.78. The first kappa shape index (κ1) is 29.2. The van der Waals surface area contributed by atoms with Crippen molar-refractivity contribution in [3.8, 4) is 0 Å². The second-order valence-corrected chi connectivity index (χ2v) is 10.6. The molecule has 6 nitrogen and oxygen atoms in total. The smallest absolute Gasteiger partial charge is 0.272 e. The van der Waals surface area contributed by atoms with Gasteiger partial charge in [0.05, 0.1) is 5.75 Å². The summed E-state index contributed by atoms with van der Waals surface area (Å²) in [6, 6.07) is 27.3. The number of nitrogens with one attached hydrogen (secondary N) is 3. The number of carbonyl (C=O) groups is 3. The van der Waals surface area contributed by atoms with Gasteiger partial charge >= 0.3 is 0 Å². The summed E-state index contributed by atoms with van der Waals surface area (Å²) < 4.78 is 0. The Hall–Kier alpha value is -3.75. The number of amides is 3. The minimum absolute atomic E-state index is 0.0406. The SMILES string of the molecule is O=C(CSc1ccc(NC(=O)/C(=C/c2c(Cl)cccc2Cl)NC(=O)c2ccccc2)cc1)Nc1ccc(Cl)cc1. The topological polar surface area (TPSA) is 87.3 Å². The number of thioether (sulfide) groups is 1. The van der Waals surface area contributed by atoms with E-state index in [2.05, 4.69) is 16.0 Å². The van der Waals surface area contributed by atoms with Crippen LogP contribution in [0.25, 0.3) is 6.08 Å². The van der Waals surface area contributed by atoms with Gasteiger partial charge in [-0.1, -0.05) is 59.1 Å². The summed E-state index contributed by atoms with van der Waals surface area (Å²) in [5.74, 6) is -0.991. The quantitative estimate of drug-likeness (QED) is 0.133. The lowest BCUT2D eigenvalue weighted by Gasteiger charge is -2.13. The number of halogens is 3. The van der Waals surface area contributed by atoms with Gasteiger partial charge in [0, 0.05) is 42.5 Å². The van der Waals surface area contributed by atoms with Crippen LogP contribution in [0.5, 0.6) is 0 Å². The van der Waals surface area contributed by atoms with Crippen LogP contribution in [-0.2, 0) is 9.59 Å². The molecule has 0 aliphatic carbocycles.